The molecule has 200 valence electrons. The number of benzene rings is 2. The van der Waals surface area contributed by atoms with Gasteiger partial charge in [0.2, 0.25) is 5.91 Å². The Kier molecular flexibility index (Phi) is 9.76. The molecule has 0 fully saturated rings. The molecule has 0 radical (unpaired) electrons. The van der Waals surface area contributed by atoms with Crippen molar-refractivity contribution >= 4 is 17.5 Å². The van der Waals surface area contributed by atoms with E-state index in [1.165, 1.54) is 0 Å². The minimum atomic E-state index is -0.633. The van der Waals surface area contributed by atoms with Crippen LogP contribution in [-0.4, -0.2) is 38.4 Å². The van der Waals surface area contributed by atoms with Crippen molar-refractivity contribution in [2.75, 3.05) is 6.61 Å². The van der Waals surface area contributed by atoms with Crippen molar-refractivity contribution in [1.29, 1.82) is 0 Å². The van der Waals surface area contributed by atoms with Gasteiger partial charge in [0.1, 0.15) is 17.7 Å². The lowest BCUT2D eigenvalue weighted by Crippen LogP contribution is -2.18. The van der Waals surface area contributed by atoms with Gasteiger partial charge in [-0.1, -0.05) is 49.7 Å². The number of nitrogens with two attached hydrogens (primary N) is 1. The number of primary amides is 1. The highest BCUT2D eigenvalue weighted by Crippen LogP contribution is 2.39. The molecule has 37 heavy (non-hydrogen) atoms. The molecule has 0 aliphatic carbocycles. The monoisotopic (exact) mass is 527 g/mol. The Hall–Kier alpha value is -2.87. The van der Waals surface area contributed by atoms with Crippen LogP contribution in [0.15, 0.2) is 42.6 Å². The summed E-state index contributed by atoms with van der Waals surface area (Å²) in [4.78, 5) is 17.0. The van der Waals surface area contributed by atoms with E-state index in [0.717, 1.165) is 23.4 Å². The summed E-state index contributed by atoms with van der Waals surface area (Å²) in [6.45, 7) is 10.4. The summed E-state index contributed by atoms with van der Waals surface area (Å²) < 4.78 is 7.82. The summed E-state index contributed by atoms with van der Waals surface area (Å²) in [5.74, 6) is 0.399. The number of amides is 1. The molecule has 1 amide bonds. The predicted octanol–water partition coefficient (Wildman–Crippen LogP) is 5.51. The molecular weight excluding hydrogens is 490 g/mol. The number of hydrogen-bond acceptors (Lipinski definition) is 5. The summed E-state index contributed by atoms with van der Waals surface area (Å²) in [7, 11) is 0. The first-order valence-corrected chi connectivity index (χ1v) is 13.2. The first-order chi connectivity index (χ1) is 17.6. The van der Waals surface area contributed by atoms with Crippen LogP contribution in [0.25, 0.3) is 11.3 Å². The molecule has 0 spiro atoms. The molecule has 2 aromatic carbocycles. The third kappa shape index (κ3) is 6.72. The van der Waals surface area contributed by atoms with Crippen LogP contribution in [0.5, 0.6) is 5.75 Å². The third-order valence-corrected chi connectivity index (χ3v) is 6.82. The Labute approximate surface area is 224 Å². The smallest absolute Gasteiger partial charge is 0.249 e. The molecule has 0 saturated heterocycles. The lowest BCUT2D eigenvalue weighted by Gasteiger charge is -2.23. The van der Waals surface area contributed by atoms with Gasteiger partial charge in [-0.05, 0) is 68.7 Å². The van der Waals surface area contributed by atoms with Crippen LogP contribution in [0, 0.1) is 5.92 Å². The van der Waals surface area contributed by atoms with Crippen LogP contribution < -0.4 is 10.5 Å². The Morgan fingerprint density at radius 2 is 1.81 bits per heavy atom. The van der Waals surface area contributed by atoms with E-state index in [0.29, 0.717) is 40.6 Å². The van der Waals surface area contributed by atoms with Crippen LogP contribution in [-0.2, 0) is 13.0 Å². The zero-order valence-corrected chi connectivity index (χ0v) is 23.0. The van der Waals surface area contributed by atoms with Crippen LogP contribution in [0.3, 0.4) is 0 Å². The largest absolute Gasteiger partial charge is 0.489 e. The second-order valence-corrected chi connectivity index (χ2v) is 10.3. The third-order valence-electron chi connectivity index (χ3n) is 6.43. The lowest BCUT2D eigenvalue weighted by molar-refractivity contribution is 0.0998. The molecule has 1 aromatic heterocycles. The highest BCUT2D eigenvalue weighted by atomic mass is 35.5. The number of aliphatic hydroxyl groups excluding tert-OH is 2. The SMILES string of the molecule is CCn1cc(-c2ccc(CC(CCO)c3c(C(N)=O)ccc(OC(C)C)c3Cl)cc2)nc1C(O)C(C)C. The Morgan fingerprint density at radius 1 is 1.14 bits per heavy atom. The van der Waals surface area contributed by atoms with E-state index in [1.807, 2.05) is 69.6 Å². The van der Waals surface area contributed by atoms with Gasteiger partial charge < -0.3 is 25.3 Å². The van der Waals surface area contributed by atoms with Crippen LogP contribution in [0.2, 0.25) is 5.02 Å². The topological polar surface area (TPSA) is 111 Å². The van der Waals surface area contributed by atoms with Crippen LogP contribution in [0.1, 0.15) is 80.4 Å². The molecule has 3 aromatic rings. The molecule has 0 saturated carbocycles. The number of carbonyl (C=O) groups is 1. The van der Waals surface area contributed by atoms with E-state index in [4.69, 9.17) is 27.1 Å². The van der Waals surface area contributed by atoms with Crippen molar-refractivity contribution in [1.82, 2.24) is 9.55 Å². The van der Waals surface area contributed by atoms with Crippen molar-refractivity contribution in [3.63, 3.8) is 0 Å². The maximum atomic E-state index is 12.2. The first-order valence-electron chi connectivity index (χ1n) is 12.8. The van der Waals surface area contributed by atoms with Gasteiger partial charge in [-0.15, -0.1) is 0 Å². The van der Waals surface area contributed by atoms with Gasteiger partial charge in [-0.3, -0.25) is 4.79 Å². The van der Waals surface area contributed by atoms with Gasteiger partial charge in [0.25, 0.3) is 0 Å². The molecule has 2 atom stereocenters. The maximum Gasteiger partial charge on any atom is 0.249 e. The van der Waals surface area contributed by atoms with E-state index < -0.39 is 12.0 Å². The number of aryl methyl sites for hydroxylation is 1. The van der Waals surface area contributed by atoms with Crippen LogP contribution >= 0.6 is 11.6 Å². The number of halogens is 1. The summed E-state index contributed by atoms with van der Waals surface area (Å²) in [5, 5.41) is 20.7. The summed E-state index contributed by atoms with van der Waals surface area (Å²) in [6.07, 6.45) is 2.19. The molecular formula is C29H38ClN3O4. The average Bonchev–Trinajstić information content (AvgIpc) is 3.29. The molecule has 7 nitrogen and oxygen atoms in total. The van der Waals surface area contributed by atoms with Crippen molar-refractivity contribution in [2.24, 2.45) is 11.7 Å². The molecule has 0 aliphatic rings. The second kappa shape index (κ2) is 12.6. The number of nitrogens with zero attached hydrogens (tertiary/aromatic N) is 2. The molecule has 4 N–H and O–H groups in total. The molecule has 2 unspecified atom stereocenters. The van der Waals surface area contributed by atoms with Crippen molar-refractivity contribution in [2.45, 2.75) is 72.1 Å². The van der Waals surface area contributed by atoms with Crippen LogP contribution in [0.4, 0.5) is 0 Å². The molecule has 8 heteroatoms. The minimum Gasteiger partial charge on any atom is -0.489 e. The molecule has 1 heterocycles. The Balaban J connectivity index is 1.93. The van der Waals surface area contributed by atoms with E-state index in [2.05, 4.69) is 0 Å². The number of hydrogen-bond donors (Lipinski definition) is 3. The van der Waals surface area contributed by atoms with Gasteiger partial charge >= 0.3 is 0 Å². The maximum absolute atomic E-state index is 12.2. The predicted molar refractivity (Wildman–Crippen MR) is 147 cm³/mol. The normalized spacial score (nSPS) is 13.2. The quantitative estimate of drug-likeness (QED) is 0.288. The fourth-order valence-electron chi connectivity index (χ4n) is 4.49. The van der Waals surface area contributed by atoms with Gasteiger partial charge in [0, 0.05) is 30.5 Å². The van der Waals surface area contributed by atoms with Crippen molar-refractivity contribution in [3.8, 4) is 17.0 Å². The molecule has 3 rings (SSSR count). The van der Waals surface area contributed by atoms with Gasteiger partial charge in [0.05, 0.1) is 16.8 Å². The highest BCUT2D eigenvalue weighted by molar-refractivity contribution is 6.33. The van der Waals surface area contributed by atoms with E-state index >= 15 is 0 Å². The van der Waals surface area contributed by atoms with Gasteiger partial charge in [-0.2, -0.15) is 0 Å². The molecule has 0 aliphatic heterocycles. The van der Waals surface area contributed by atoms with Gasteiger partial charge in [-0.25, -0.2) is 4.98 Å². The standard InChI is InChI=1S/C29H38ClN3O4/c1-6-33-16-23(32-29(33)27(35)17(2)3)20-9-7-19(8-10-20)15-21(13-14-34)25-22(28(31)36)11-12-24(26(25)30)37-18(4)5/h7-12,16-18,21,27,34-35H,6,13-15H2,1-5H3,(H2,31,36). The highest BCUT2D eigenvalue weighted by Gasteiger charge is 2.25. The first kappa shape index (κ1) is 28.7. The fourth-order valence-corrected chi connectivity index (χ4v) is 4.85. The zero-order valence-electron chi connectivity index (χ0n) is 22.2. The number of imidazole rings is 1. The summed E-state index contributed by atoms with van der Waals surface area (Å²) >= 11 is 6.74. The Bertz CT molecular complexity index is 1200. The Morgan fingerprint density at radius 3 is 2.35 bits per heavy atom. The fraction of sp³-hybridized carbons (Fsp3) is 0.448. The zero-order chi connectivity index (χ0) is 27.3. The van der Waals surface area contributed by atoms with E-state index in [-0.39, 0.29) is 24.5 Å². The summed E-state index contributed by atoms with van der Waals surface area (Å²) in [5.41, 5.74) is 9.37. The van der Waals surface area contributed by atoms with Crippen molar-refractivity contribution < 1.29 is 19.7 Å². The van der Waals surface area contributed by atoms with E-state index in [9.17, 15) is 15.0 Å². The van der Waals surface area contributed by atoms with Gasteiger partial charge in [0.15, 0.2) is 0 Å². The van der Waals surface area contributed by atoms with Crippen molar-refractivity contribution in [3.05, 3.63) is 70.1 Å². The molecule has 0 bridgehead atoms. The number of aromatic nitrogens is 2. The lowest BCUT2D eigenvalue weighted by atomic mass is 9.86. The number of carbonyl (C=O) groups excluding carboxylic acids is 1. The number of aliphatic hydroxyl groups is 2. The average molecular weight is 528 g/mol. The minimum absolute atomic E-state index is 0.0629. The number of rotatable bonds is 12. The van der Waals surface area contributed by atoms with E-state index in [1.54, 1.807) is 12.1 Å². The second-order valence-electron chi connectivity index (χ2n) is 9.94. The summed E-state index contributed by atoms with van der Waals surface area (Å²) in [6, 6.07) is 11.3. The number of ether oxygens (including phenoxy) is 1.